The minimum absolute atomic E-state index is 0.102. The monoisotopic (exact) mass is 498 g/mol. The third-order valence-electron chi connectivity index (χ3n) is 7.59. The van der Waals surface area contributed by atoms with Gasteiger partial charge in [-0.05, 0) is 87.6 Å². The molecule has 1 saturated carbocycles. The lowest BCUT2D eigenvalue weighted by molar-refractivity contribution is 0.0686. The molecule has 0 aliphatic heterocycles. The highest BCUT2D eigenvalue weighted by Crippen LogP contribution is 2.48. The van der Waals surface area contributed by atoms with Crippen LogP contribution in [0.25, 0.3) is 22.3 Å². The van der Waals surface area contributed by atoms with Crippen LogP contribution in [-0.2, 0) is 5.41 Å². The quantitative estimate of drug-likeness (QED) is 0.341. The average molecular weight is 499 g/mol. The van der Waals surface area contributed by atoms with Crippen LogP contribution in [0.4, 0.5) is 0 Å². The van der Waals surface area contributed by atoms with Crippen molar-refractivity contribution in [3.63, 3.8) is 0 Å². The lowest BCUT2D eigenvalue weighted by Gasteiger charge is -2.35. The molecular formula is C33H38O4. The van der Waals surface area contributed by atoms with Gasteiger partial charge in [0.05, 0.1) is 11.1 Å². The third kappa shape index (κ3) is 5.64. The van der Waals surface area contributed by atoms with Gasteiger partial charge in [-0.1, -0.05) is 89.9 Å². The van der Waals surface area contributed by atoms with E-state index in [1.54, 1.807) is 24.3 Å². The molecule has 3 aromatic carbocycles. The van der Waals surface area contributed by atoms with Gasteiger partial charge in [0.25, 0.3) is 0 Å². The smallest absolute Gasteiger partial charge is 0.336 e. The number of carbonyl (C=O) groups is 2. The van der Waals surface area contributed by atoms with Gasteiger partial charge in [-0.15, -0.1) is 0 Å². The van der Waals surface area contributed by atoms with Crippen molar-refractivity contribution >= 4 is 11.9 Å². The van der Waals surface area contributed by atoms with E-state index in [-0.39, 0.29) is 22.0 Å². The van der Waals surface area contributed by atoms with Crippen LogP contribution in [0.2, 0.25) is 0 Å². The summed E-state index contributed by atoms with van der Waals surface area (Å²) in [6, 6.07) is 18.6. The van der Waals surface area contributed by atoms with Gasteiger partial charge in [0.15, 0.2) is 0 Å². The molecule has 1 aliphatic carbocycles. The van der Waals surface area contributed by atoms with Crippen molar-refractivity contribution in [2.75, 3.05) is 0 Å². The number of hydrogen-bond donors (Lipinski definition) is 2. The van der Waals surface area contributed by atoms with Gasteiger partial charge in [-0.3, -0.25) is 0 Å². The van der Waals surface area contributed by atoms with Crippen LogP contribution >= 0.6 is 0 Å². The van der Waals surface area contributed by atoms with Crippen molar-refractivity contribution in [2.24, 2.45) is 5.41 Å². The predicted molar refractivity (Wildman–Crippen MR) is 150 cm³/mol. The van der Waals surface area contributed by atoms with E-state index in [0.717, 1.165) is 54.4 Å². The Bertz CT molecular complexity index is 1320. The summed E-state index contributed by atoms with van der Waals surface area (Å²) in [6.45, 7) is 11.2. The maximum Gasteiger partial charge on any atom is 0.336 e. The summed E-state index contributed by atoms with van der Waals surface area (Å²) >= 11 is 0. The molecule has 4 heteroatoms. The molecule has 194 valence electrons. The fourth-order valence-corrected chi connectivity index (χ4v) is 6.35. The highest BCUT2D eigenvalue weighted by molar-refractivity contribution is 6.03. The Morgan fingerprint density at radius 1 is 0.757 bits per heavy atom. The minimum atomic E-state index is -0.991. The second-order valence-electron chi connectivity index (χ2n) is 12.3. The Hall–Kier alpha value is -3.40. The van der Waals surface area contributed by atoms with Gasteiger partial charge < -0.3 is 10.2 Å². The van der Waals surface area contributed by atoms with Crippen molar-refractivity contribution in [1.29, 1.82) is 0 Å². The third-order valence-corrected chi connectivity index (χ3v) is 7.59. The predicted octanol–water partition coefficient (Wildman–Crippen LogP) is 8.79. The van der Waals surface area contributed by atoms with Gasteiger partial charge in [0, 0.05) is 0 Å². The maximum atomic E-state index is 12.3. The summed E-state index contributed by atoms with van der Waals surface area (Å²) in [5, 5.41) is 20.2. The van der Waals surface area contributed by atoms with Crippen LogP contribution in [0.15, 0.2) is 60.7 Å². The molecule has 1 aliphatic rings. The van der Waals surface area contributed by atoms with Crippen molar-refractivity contribution in [3.05, 3.63) is 82.9 Å². The second kappa shape index (κ2) is 10.2. The first kappa shape index (κ1) is 26.7. The zero-order valence-corrected chi connectivity index (χ0v) is 22.6. The minimum Gasteiger partial charge on any atom is -0.478 e. The van der Waals surface area contributed by atoms with E-state index in [4.69, 9.17) is 0 Å². The summed E-state index contributed by atoms with van der Waals surface area (Å²) in [5.74, 6) is -1.67. The van der Waals surface area contributed by atoms with Crippen LogP contribution in [-0.4, -0.2) is 22.2 Å². The molecule has 0 atom stereocenters. The highest BCUT2D eigenvalue weighted by Gasteiger charge is 2.32. The molecule has 2 N–H and O–H groups in total. The van der Waals surface area contributed by atoms with E-state index in [1.807, 2.05) is 24.3 Å². The van der Waals surface area contributed by atoms with Crippen LogP contribution in [0, 0.1) is 5.41 Å². The molecule has 0 radical (unpaired) electrons. The first-order chi connectivity index (χ1) is 17.4. The molecular weight excluding hydrogens is 460 g/mol. The summed E-state index contributed by atoms with van der Waals surface area (Å²) in [4.78, 5) is 24.7. The Labute approximate surface area is 220 Å². The summed E-state index contributed by atoms with van der Waals surface area (Å²) in [5.41, 5.74) is 5.62. The van der Waals surface area contributed by atoms with Crippen LogP contribution in [0.3, 0.4) is 0 Å². The van der Waals surface area contributed by atoms with E-state index in [2.05, 4.69) is 46.8 Å². The first-order valence-corrected chi connectivity index (χ1v) is 13.2. The van der Waals surface area contributed by atoms with E-state index in [0.29, 0.717) is 17.0 Å². The highest BCUT2D eigenvalue weighted by atomic mass is 16.4. The number of rotatable bonds is 7. The van der Waals surface area contributed by atoms with E-state index < -0.39 is 11.9 Å². The Morgan fingerprint density at radius 3 is 1.81 bits per heavy atom. The molecule has 0 bridgehead atoms. The molecule has 0 aromatic heterocycles. The second-order valence-corrected chi connectivity index (χ2v) is 12.3. The maximum absolute atomic E-state index is 12.3. The molecule has 0 heterocycles. The number of hydrogen-bond acceptors (Lipinski definition) is 2. The number of aromatic carboxylic acids is 2. The molecule has 4 rings (SSSR count). The molecule has 3 aromatic rings. The molecule has 4 nitrogen and oxygen atoms in total. The Balaban J connectivity index is 2.14. The average Bonchev–Trinajstić information content (AvgIpc) is 3.36. The number of benzene rings is 3. The van der Waals surface area contributed by atoms with Crippen molar-refractivity contribution in [2.45, 2.75) is 78.1 Å². The van der Waals surface area contributed by atoms with Crippen molar-refractivity contribution < 1.29 is 19.8 Å². The van der Waals surface area contributed by atoms with Gasteiger partial charge in [-0.25, -0.2) is 9.59 Å². The first-order valence-electron chi connectivity index (χ1n) is 13.2. The lowest BCUT2D eigenvalue weighted by atomic mass is 9.70. The molecule has 0 saturated heterocycles. The Kier molecular flexibility index (Phi) is 7.32. The van der Waals surface area contributed by atoms with E-state index >= 15 is 0 Å². The SMILES string of the molecule is CC(C)(C)CC(C)(C)c1cc(-c2ccccc2C(=O)O)c(-c2ccccc2C(=O)O)c(C2CCCC2)c1. The van der Waals surface area contributed by atoms with Gasteiger partial charge >= 0.3 is 11.9 Å². The normalized spacial score (nSPS) is 14.6. The fraction of sp³-hybridized carbons (Fsp3) is 0.394. The number of carboxylic acids is 2. The van der Waals surface area contributed by atoms with E-state index in [1.165, 1.54) is 0 Å². The van der Waals surface area contributed by atoms with Crippen LogP contribution in [0.5, 0.6) is 0 Å². The van der Waals surface area contributed by atoms with Crippen molar-refractivity contribution in [3.8, 4) is 22.3 Å². The van der Waals surface area contributed by atoms with Gasteiger partial charge in [-0.2, -0.15) is 0 Å². The molecule has 0 unspecified atom stereocenters. The summed E-state index contributed by atoms with van der Waals surface area (Å²) in [6.07, 6.45) is 5.33. The topological polar surface area (TPSA) is 74.6 Å². The van der Waals surface area contributed by atoms with Crippen LogP contribution in [0.1, 0.15) is 104 Å². The molecule has 1 fully saturated rings. The Morgan fingerprint density at radius 2 is 1.27 bits per heavy atom. The lowest BCUT2D eigenvalue weighted by Crippen LogP contribution is -2.25. The molecule has 0 spiro atoms. The largest absolute Gasteiger partial charge is 0.478 e. The van der Waals surface area contributed by atoms with Gasteiger partial charge in [0.1, 0.15) is 0 Å². The summed E-state index contributed by atoms with van der Waals surface area (Å²) < 4.78 is 0. The summed E-state index contributed by atoms with van der Waals surface area (Å²) in [7, 11) is 0. The van der Waals surface area contributed by atoms with Gasteiger partial charge in [0.2, 0.25) is 0 Å². The number of carboxylic acid groups (broad SMARTS) is 2. The van der Waals surface area contributed by atoms with Crippen molar-refractivity contribution in [1.82, 2.24) is 0 Å². The zero-order chi connectivity index (χ0) is 27.0. The molecule has 37 heavy (non-hydrogen) atoms. The van der Waals surface area contributed by atoms with Crippen LogP contribution < -0.4 is 0 Å². The molecule has 0 amide bonds. The zero-order valence-electron chi connectivity index (χ0n) is 22.6. The standard InChI is InChI=1S/C33H38O4/c1-32(2,3)20-33(4,5)22-18-27(21-12-6-7-13-21)29(24-15-9-11-17-26(24)31(36)37)28(19-22)23-14-8-10-16-25(23)30(34)35/h8-11,14-19,21H,6-7,12-13,20H2,1-5H3,(H,34,35)(H,36,37). The van der Waals surface area contributed by atoms with E-state index in [9.17, 15) is 19.8 Å². The fourth-order valence-electron chi connectivity index (χ4n) is 6.35.